The van der Waals surface area contributed by atoms with Crippen LogP contribution in [0, 0.1) is 0 Å². The van der Waals surface area contributed by atoms with Crippen LogP contribution >= 0.6 is 11.8 Å². The average molecular weight is 432 g/mol. The van der Waals surface area contributed by atoms with Crippen LogP contribution in [-0.4, -0.2) is 41.8 Å². The van der Waals surface area contributed by atoms with Gasteiger partial charge in [0.25, 0.3) is 0 Å². The second kappa shape index (κ2) is 8.21. The Balaban J connectivity index is 1.13. The summed E-state index contributed by atoms with van der Waals surface area (Å²) in [6, 6.07) is 6.51. The molecule has 0 radical (unpaired) electrons. The lowest BCUT2D eigenvalue weighted by Gasteiger charge is -2.31. The van der Waals surface area contributed by atoms with Gasteiger partial charge in [0, 0.05) is 17.4 Å². The summed E-state index contributed by atoms with van der Waals surface area (Å²) < 4.78 is 11.0. The third-order valence-corrected chi connectivity index (χ3v) is 8.35. The van der Waals surface area contributed by atoms with E-state index in [4.69, 9.17) is 9.47 Å². The fraction of sp³-hybridized carbons (Fsp3) is 0.636. The topological polar surface area (TPSA) is 88.7 Å². The molecule has 1 aliphatic carbocycles. The molecule has 7 nitrogen and oxygen atoms in total. The Bertz CT molecular complexity index is 827. The summed E-state index contributed by atoms with van der Waals surface area (Å²) in [6.45, 7) is 0.263. The summed E-state index contributed by atoms with van der Waals surface area (Å²) in [5.41, 5.74) is 0.835. The molecule has 3 fully saturated rings. The first-order valence-corrected chi connectivity index (χ1v) is 12.1. The molecule has 0 unspecified atom stereocenters. The standard InChI is InChI=1S/C22H29N3O4S/c26-19(6-2-1-5-18-20-15(12-30-18)23-21(27)24-20)25-22(9-3-4-10-22)14-7-8-16-17(11-14)29-13-28-16/h7-8,11,15,18,20H,1-6,9-10,12-13H2,(H,25,26)(H2,23,24,27)/t15-,18-,20-/m1/s1. The Hall–Kier alpha value is -2.09. The molecule has 3 aliphatic heterocycles. The van der Waals surface area contributed by atoms with Crippen molar-refractivity contribution in [1.82, 2.24) is 16.0 Å². The Morgan fingerprint density at radius 1 is 1.17 bits per heavy atom. The van der Waals surface area contributed by atoms with Gasteiger partial charge in [-0.25, -0.2) is 4.79 Å². The maximum absolute atomic E-state index is 12.8. The highest BCUT2D eigenvalue weighted by Crippen LogP contribution is 2.43. The number of nitrogens with one attached hydrogen (secondary N) is 3. The van der Waals surface area contributed by atoms with Crippen molar-refractivity contribution in [2.45, 2.75) is 74.2 Å². The van der Waals surface area contributed by atoms with E-state index in [1.165, 1.54) is 0 Å². The molecule has 3 N–H and O–H groups in total. The van der Waals surface area contributed by atoms with Gasteiger partial charge in [-0.05, 0) is 43.4 Å². The summed E-state index contributed by atoms with van der Waals surface area (Å²) in [7, 11) is 0. The molecular formula is C22H29N3O4S. The molecule has 30 heavy (non-hydrogen) atoms. The molecule has 5 rings (SSSR count). The first kappa shape index (κ1) is 19.8. The van der Waals surface area contributed by atoms with Crippen molar-refractivity contribution in [1.29, 1.82) is 0 Å². The number of thioether (sulfide) groups is 1. The van der Waals surface area contributed by atoms with Crippen LogP contribution < -0.4 is 25.4 Å². The fourth-order valence-corrected chi connectivity index (χ4v) is 6.81. The van der Waals surface area contributed by atoms with Gasteiger partial charge in [-0.2, -0.15) is 11.8 Å². The van der Waals surface area contributed by atoms with E-state index >= 15 is 0 Å². The number of unbranched alkanes of at least 4 members (excludes halogenated alkanes) is 1. The molecule has 3 amide bonds. The quantitative estimate of drug-likeness (QED) is 0.456. The zero-order chi connectivity index (χ0) is 20.6. The molecular weight excluding hydrogens is 402 g/mol. The van der Waals surface area contributed by atoms with Crippen LogP contribution in [0.2, 0.25) is 0 Å². The number of fused-ring (bicyclic) bond motifs is 2. The predicted molar refractivity (Wildman–Crippen MR) is 115 cm³/mol. The van der Waals surface area contributed by atoms with Crippen molar-refractivity contribution in [3.8, 4) is 11.5 Å². The fourth-order valence-electron chi connectivity index (χ4n) is 5.26. The number of carbonyl (C=O) groups excluding carboxylic acids is 2. The van der Waals surface area contributed by atoms with Gasteiger partial charge < -0.3 is 25.4 Å². The molecule has 1 saturated carbocycles. The number of hydrogen-bond acceptors (Lipinski definition) is 5. The van der Waals surface area contributed by atoms with Gasteiger partial charge in [0.1, 0.15) is 0 Å². The highest BCUT2D eigenvalue weighted by atomic mass is 32.2. The minimum absolute atomic E-state index is 0.0416. The zero-order valence-corrected chi connectivity index (χ0v) is 17.9. The van der Waals surface area contributed by atoms with Crippen molar-refractivity contribution in [3.63, 3.8) is 0 Å². The molecule has 0 aromatic heterocycles. The largest absolute Gasteiger partial charge is 0.454 e. The highest BCUT2D eigenvalue weighted by molar-refractivity contribution is 8.00. The smallest absolute Gasteiger partial charge is 0.315 e. The Kier molecular flexibility index (Phi) is 5.43. The molecule has 162 valence electrons. The molecule has 0 bridgehead atoms. The molecule has 1 aromatic carbocycles. The summed E-state index contributed by atoms with van der Waals surface area (Å²) >= 11 is 1.93. The van der Waals surface area contributed by atoms with E-state index < -0.39 is 0 Å². The molecule has 3 heterocycles. The minimum atomic E-state index is -0.285. The zero-order valence-electron chi connectivity index (χ0n) is 17.1. The van der Waals surface area contributed by atoms with Crippen molar-refractivity contribution in [3.05, 3.63) is 23.8 Å². The van der Waals surface area contributed by atoms with Crippen molar-refractivity contribution in [2.75, 3.05) is 12.5 Å². The molecule has 2 saturated heterocycles. The average Bonchev–Trinajstić information content (AvgIpc) is 3.50. The van der Waals surface area contributed by atoms with Crippen LogP contribution in [-0.2, 0) is 10.3 Å². The number of benzene rings is 1. The number of rotatable bonds is 7. The van der Waals surface area contributed by atoms with E-state index in [0.717, 1.165) is 67.8 Å². The predicted octanol–water partition coefficient (Wildman–Crippen LogP) is 3.03. The van der Waals surface area contributed by atoms with Gasteiger partial charge in [-0.15, -0.1) is 0 Å². The van der Waals surface area contributed by atoms with Crippen molar-refractivity contribution in [2.24, 2.45) is 0 Å². The lowest BCUT2D eigenvalue weighted by molar-refractivity contribution is -0.123. The number of urea groups is 1. The first-order chi connectivity index (χ1) is 14.6. The monoisotopic (exact) mass is 431 g/mol. The normalized spacial score (nSPS) is 28.1. The number of amides is 3. The summed E-state index contributed by atoms with van der Waals surface area (Å²) in [5, 5.41) is 9.83. The summed E-state index contributed by atoms with van der Waals surface area (Å²) in [5.74, 6) is 2.65. The highest BCUT2D eigenvalue weighted by Gasteiger charge is 2.42. The number of carbonyl (C=O) groups is 2. The second-order valence-corrected chi connectivity index (χ2v) is 10.0. The van der Waals surface area contributed by atoms with Gasteiger partial charge in [-0.3, -0.25) is 4.79 Å². The minimum Gasteiger partial charge on any atom is -0.454 e. The van der Waals surface area contributed by atoms with Gasteiger partial charge in [0.05, 0.1) is 17.6 Å². The Morgan fingerprint density at radius 3 is 2.87 bits per heavy atom. The van der Waals surface area contributed by atoms with Crippen LogP contribution in [0.3, 0.4) is 0 Å². The Labute approximate surface area is 181 Å². The van der Waals surface area contributed by atoms with E-state index in [1.807, 2.05) is 23.9 Å². The van der Waals surface area contributed by atoms with E-state index in [9.17, 15) is 9.59 Å². The van der Waals surface area contributed by atoms with Gasteiger partial charge in [-0.1, -0.05) is 25.3 Å². The number of hydrogen-bond donors (Lipinski definition) is 3. The van der Waals surface area contributed by atoms with E-state index in [-0.39, 0.29) is 36.4 Å². The summed E-state index contributed by atoms with van der Waals surface area (Å²) in [4.78, 5) is 24.3. The van der Waals surface area contributed by atoms with Crippen LogP contribution in [0.1, 0.15) is 56.9 Å². The van der Waals surface area contributed by atoms with Gasteiger partial charge in [0.2, 0.25) is 12.7 Å². The Morgan fingerprint density at radius 2 is 2.00 bits per heavy atom. The maximum Gasteiger partial charge on any atom is 0.315 e. The van der Waals surface area contributed by atoms with E-state index in [2.05, 4.69) is 22.0 Å². The van der Waals surface area contributed by atoms with Gasteiger partial charge >= 0.3 is 6.03 Å². The van der Waals surface area contributed by atoms with E-state index in [1.54, 1.807) is 0 Å². The van der Waals surface area contributed by atoms with Crippen LogP contribution in [0.4, 0.5) is 4.79 Å². The van der Waals surface area contributed by atoms with Crippen molar-refractivity contribution >= 4 is 23.7 Å². The third-order valence-electron chi connectivity index (χ3n) is 6.84. The van der Waals surface area contributed by atoms with Crippen LogP contribution in [0.5, 0.6) is 11.5 Å². The molecule has 4 aliphatic rings. The van der Waals surface area contributed by atoms with Gasteiger partial charge in [0.15, 0.2) is 11.5 Å². The second-order valence-electron chi connectivity index (χ2n) is 8.77. The van der Waals surface area contributed by atoms with Crippen LogP contribution in [0.15, 0.2) is 18.2 Å². The first-order valence-electron chi connectivity index (χ1n) is 11.0. The lowest BCUT2D eigenvalue weighted by Crippen LogP contribution is -2.43. The number of ether oxygens (including phenoxy) is 2. The SMILES string of the molecule is O=C(CCCC[C@H]1SC[C@H]2NC(=O)N[C@H]21)NC1(c2ccc3c(c2)OCO3)CCCC1. The molecule has 1 aromatic rings. The molecule has 8 heteroatoms. The lowest BCUT2D eigenvalue weighted by atomic mass is 9.87. The third kappa shape index (κ3) is 3.82. The van der Waals surface area contributed by atoms with Crippen LogP contribution in [0.25, 0.3) is 0 Å². The molecule has 3 atom stereocenters. The summed E-state index contributed by atoms with van der Waals surface area (Å²) in [6.07, 6.45) is 7.63. The molecule has 0 spiro atoms. The maximum atomic E-state index is 12.8. The van der Waals surface area contributed by atoms with Crippen molar-refractivity contribution < 1.29 is 19.1 Å². The van der Waals surface area contributed by atoms with E-state index in [0.29, 0.717) is 11.7 Å².